The number of hydrogen-bond acceptors (Lipinski definition) is 1. The van der Waals surface area contributed by atoms with E-state index in [-0.39, 0.29) is 19.1 Å². The second-order valence-electron chi connectivity index (χ2n) is 1.95. The van der Waals surface area contributed by atoms with Crippen molar-refractivity contribution in [3.05, 3.63) is 0 Å². The Hall–Kier alpha value is -0.0800. The van der Waals surface area contributed by atoms with Gasteiger partial charge in [-0.25, -0.2) is 5.11 Å². The average Bonchev–Trinajstić information content (AvgIpc) is 1.83. The molecule has 0 amide bonds. The van der Waals surface area contributed by atoms with Gasteiger partial charge in [0.25, 0.3) is 0 Å². The van der Waals surface area contributed by atoms with Gasteiger partial charge >= 0.3 is 0 Å². The van der Waals surface area contributed by atoms with Crippen molar-refractivity contribution in [3.8, 4) is 0 Å². The molecule has 0 aromatic heterocycles. The van der Waals surface area contributed by atoms with Gasteiger partial charge in [-0.15, -0.1) is 0 Å². The molecule has 0 fully saturated rings. The molecule has 1 radical (unpaired) electrons. The zero-order valence-corrected chi connectivity index (χ0v) is 5.26. The Kier molecular flexibility index (Phi) is 5.01. The first-order valence-corrected chi connectivity index (χ1v) is 3.04. The second kappa shape index (κ2) is 5.06. The highest BCUT2D eigenvalue weighted by Crippen LogP contribution is 2.04. The monoisotopic (exact) mass is 117 g/mol. The van der Waals surface area contributed by atoms with Crippen molar-refractivity contribution in [2.24, 2.45) is 5.92 Å². The third-order valence-electron chi connectivity index (χ3n) is 1.36. The third kappa shape index (κ3) is 2.99. The molecule has 2 nitrogen and oxygen atoms in total. The number of hydrogen-bond donors (Lipinski definition) is 1. The van der Waals surface area contributed by atoms with E-state index in [1.807, 2.05) is 6.92 Å². The molecule has 1 atom stereocenters. The minimum Gasteiger partial charge on any atom is -0.396 e. The topological polar surface area (TPSA) is 40.1 Å². The summed E-state index contributed by atoms with van der Waals surface area (Å²) in [5.41, 5.74) is 0. The lowest BCUT2D eigenvalue weighted by atomic mass is 10.1. The highest BCUT2D eigenvalue weighted by Gasteiger charge is 2.01. The van der Waals surface area contributed by atoms with E-state index in [4.69, 9.17) is 5.11 Å². The van der Waals surface area contributed by atoms with Gasteiger partial charge in [0.05, 0.1) is 6.61 Å². The summed E-state index contributed by atoms with van der Waals surface area (Å²) in [4.78, 5) is 0. The first-order valence-electron chi connectivity index (χ1n) is 3.04. The Balaban J connectivity index is 3.07. The van der Waals surface area contributed by atoms with Crippen molar-refractivity contribution in [2.45, 2.75) is 19.8 Å². The van der Waals surface area contributed by atoms with Crippen LogP contribution < -0.4 is 0 Å². The molecule has 0 aliphatic heterocycles. The normalized spacial score (nSPS) is 13.9. The lowest BCUT2D eigenvalue weighted by Gasteiger charge is -2.06. The molecule has 1 N–H and O–H groups in total. The van der Waals surface area contributed by atoms with Gasteiger partial charge in [-0.1, -0.05) is 13.3 Å². The van der Waals surface area contributed by atoms with Gasteiger partial charge in [0.1, 0.15) is 0 Å². The second-order valence-corrected chi connectivity index (χ2v) is 1.95. The number of rotatable bonds is 4. The lowest BCUT2D eigenvalue weighted by molar-refractivity contribution is 0.139. The largest absolute Gasteiger partial charge is 0.396 e. The summed E-state index contributed by atoms with van der Waals surface area (Å²) in [5.74, 6) is 0.243. The molecule has 0 aromatic carbocycles. The van der Waals surface area contributed by atoms with E-state index in [1.165, 1.54) is 0 Å². The van der Waals surface area contributed by atoms with Crippen LogP contribution in [-0.4, -0.2) is 18.3 Å². The summed E-state index contributed by atoms with van der Waals surface area (Å²) < 4.78 is 0. The maximum absolute atomic E-state index is 9.95. The Morgan fingerprint density at radius 2 is 2.25 bits per heavy atom. The molecule has 2 heteroatoms. The molecule has 0 saturated carbocycles. The van der Waals surface area contributed by atoms with E-state index < -0.39 is 0 Å². The zero-order chi connectivity index (χ0) is 6.41. The first kappa shape index (κ1) is 7.92. The molecule has 0 bridgehead atoms. The van der Waals surface area contributed by atoms with Crippen molar-refractivity contribution >= 4 is 0 Å². The molecule has 1 unspecified atom stereocenters. The summed E-state index contributed by atoms with van der Waals surface area (Å²) in [6.45, 7) is 2.09. The third-order valence-corrected chi connectivity index (χ3v) is 1.36. The summed E-state index contributed by atoms with van der Waals surface area (Å²) in [6, 6.07) is 0. The van der Waals surface area contributed by atoms with Crippen LogP contribution in [0.2, 0.25) is 0 Å². The first-order chi connectivity index (χ1) is 3.85. The van der Waals surface area contributed by atoms with E-state index in [2.05, 4.69) is 0 Å². The highest BCUT2D eigenvalue weighted by atomic mass is 16.3. The minimum absolute atomic E-state index is 0.0565. The molecule has 0 heterocycles. The standard InChI is InChI=1S/C6H13O2/c1-2-6(5-8)3-4-7/h6,8H,2-5H2,1H3. The fourth-order valence-corrected chi connectivity index (χ4v) is 0.591. The van der Waals surface area contributed by atoms with E-state index >= 15 is 0 Å². The van der Waals surface area contributed by atoms with Crippen molar-refractivity contribution in [2.75, 3.05) is 13.2 Å². The van der Waals surface area contributed by atoms with Gasteiger partial charge < -0.3 is 5.11 Å². The van der Waals surface area contributed by atoms with Crippen LogP contribution in [-0.2, 0) is 5.11 Å². The quantitative estimate of drug-likeness (QED) is 0.582. The molecule has 0 rings (SSSR count). The molecule has 0 aliphatic rings. The maximum Gasteiger partial charge on any atom is 0.0825 e. The minimum atomic E-state index is -0.0565. The van der Waals surface area contributed by atoms with Crippen molar-refractivity contribution in [1.82, 2.24) is 0 Å². The van der Waals surface area contributed by atoms with Gasteiger partial charge in [0.15, 0.2) is 0 Å². The zero-order valence-electron chi connectivity index (χ0n) is 5.26. The van der Waals surface area contributed by atoms with Crippen molar-refractivity contribution in [1.29, 1.82) is 0 Å². The van der Waals surface area contributed by atoms with Crippen LogP contribution in [0.4, 0.5) is 0 Å². The Bertz CT molecular complexity index is 41.8. The van der Waals surface area contributed by atoms with Gasteiger partial charge in [0, 0.05) is 6.61 Å². The molecule has 49 valence electrons. The van der Waals surface area contributed by atoms with Crippen molar-refractivity contribution in [3.63, 3.8) is 0 Å². The Morgan fingerprint density at radius 3 is 2.38 bits per heavy atom. The van der Waals surface area contributed by atoms with Crippen LogP contribution in [0.15, 0.2) is 0 Å². The summed E-state index contributed by atoms with van der Waals surface area (Å²) in [6.07, 6.45) is 1.53. The molecular weight excluding hydrogens is 104 g/mol. The average molecular weight is 117 g/mol. The fraction of sp³-hybridized carbons (Fsp3) is 1.00. The maximum atomic E-state index is 9.95. The predicted molar refractivity (Wildman–Crippen MR) is 31.0 cm³/mol. The molecule has 0 aromatic rings. The molecule has 0 saturated heterocycles. The van der Waals surface area contributed by atoms with Crippen LogP contribution >= 0.6 is 0 Å². The summed E-state index contributed by atoms with van der Waals surface area (Å²) in [5, 5.41) is 18.5. The van der Waals surface area contributed by atoms with Crippen LogP contribution in [0.5, 0.6) is 0 Å². The molecule has 0 spiro atoms. The van der Waals surface area contributed by atoms with E-state index in [0.29, 0.717) is 6.42 Å². The van der Waals surface area contributed by atoms with Crippen LogP contribution in [0.25, 0.3) is 0 Å². The lowest BCUT2D eigenvalue weighted by Crippen LogP contribution is -2.05. The van der Waals surface area contributed by atoms with Crippen LogP contribution in [0.1, 0.15) is 19.8 Å². The summed E-state index contributed by atoms with van der Waals surface area (Å²) >= 11 is 0. The predicted octanol–water partition coefficient (Wildman–Crippen LogP) is 0.825. The van der Waals surface area contributed by atoms with E-state index in [0.717, 1.165) is 6.42 Å². The number of aliphatic hydroxyl groups is 1. The van der Waals surface area contributed by atoms with Gasteiger partial charge in [-0.3, -0.25) is 0 Å². The summed E-state index contributed by atoms with van der Waals surface area (Å²) in [7, 11) is 0. The van der Waals surface area contributed by atoms with E-state index in [1.54, 1.807) is 0 Å². The van der Waals surface area contributed by atoms with Crippen LogP contribution in [0.3, 0.4) is 0 Å². The van der Waals surface area contributed by atoms with Crippen LogP contribution in [0, 0.1) is 5.92 Å². The molecule has 0 aliphatic carbocycles. The van der Waals surface area contributed by atoms with Gasteiger partial charge in [-0.05, 0) is 12.3 Å². The molecular formula is C6H13O2. The Morgan fingerprint density at radius 1 is 1.62 bits per heavy atom. The van der Waals surface area contributed by atoms with Crippen molar-refractivity contribution < 1.29 is 10.2 Å². The van der Waals surface area contributed by atoms with Gasteiger partial charge in [0.2, 0.25) is 0 Å². The molecule has 8 heavy (non-hydrogen) atoms. The number of aliphatic hydroxyl groups excluding tert-OH is 1. The van der Waals surface area contributed by atoms with Gasteiger partial charge in [-0.2, -0.15) is 0 Å². The van der Waals surface area contributed by atoms with E-state index in [9.17, 15) is 5.11 Å². The Labute approximate surface area is 50.2 Å². The SMILES string of the molecule is CCC(CO)CC[O]. The highest BCUT2D eigenvalue weighted by molar-refractivity contribution is 4.52. The fourth-order valence-electron chi connectivity index (χ4n) is 0.591. The smallest absolute Gasteiger partial charge is 0.0825 e.